The standard InChI is InChI=1S/C54H41N/c1-53(2)46-16-9-7-14-43(46)45-33-40(29-31-48(45)53)55(50-19-11-18-49-52(50)44-15-8-10-17-47(44)54(49,3)4)39-27-24-34(25-28-39)37-26-30-42-38(32-37)23-22-36-21-20-35-12-5-6-13-41(35)51(36)42/h5-33H,1-4H3. The molecule has 0 fully saturated rings. The van der Waals surface area contributed by atoms with Gasteiger partial charge in [-0.1, -0.05) is 167 Å². The van der Waals surface area contributed by atoms with Crippen LogP contribution in [0.5, 0.6) is 0 Å². The molecule has 0 bridgehead atoms. The zero-order valence-electron chi connectivity index (χ0n) is 31.7. The maximum atomic E-state index is 2.49. The van der Waals surface area contributed by atoms with Gasteiger partial charge in [0.1, 0.15) is 0 Å². The fourth-order valence-electron chi connectivity index (χ4n) is 10.0. The van der Waals surface area contributed by atoms with E-state index in [1.807, 2.05) is 0 Å². The molecule has 0 amide bonds. The van der Waals surface area contributed by atoms with Crippen LogP contribution in [0.4, 0.5) is 17.1 Å². The number of benzene rings is 9. The van der Waals surface area contributed by atoms with Crippen molar-refractivity contribution in [2.24, 2.45) is 0 Å². The van der Waals surface area contributed by atoms with Crippen LogP contribution in [0.1, 0.15) is 49.9 Å². The van der Waals surface area contributed by atoms with Crippen LogP contribution in [0.3, 0.4) is 0 Å². The summed E-state index contributed by atoms with van der Waals surface area (Å²) in [5.74, 6) is 0. The SMILES string of the molecule is CC1(C)c2ccccc2-c2cc(N(c3ccc(-c4ccc5c(ccc6ccc7ccccc7c65)c4)cc3)c3cccc4c3-c3ccccc3C4(C)C)ccc21. The number of rotatable bonds is 4. The van der Waals surface area contributed by atoms with Crippen molar-refractivity contribution in [3.8, 4) is 33.4 Å². The van der Waals surface area contributed by atoms with Crippen LogP contribution in [0, 0.1) is 0 Å². The number of hydrogen-bond acceptors (Lipinski definition) is 1. The number of fused-ring (bicyclic) bond motifs is 11. The summed E-state index contributed by atoms with van der Waals surface area (Å²) in [5.41, 5.74) is 16.6. The molecule has 0 heterocycles. The highest BCUT2D eigenvalue weighted by Crippen LogP contribution is 2.55. The van der Waals surface area contributed by atoms with Crippen molar-refractivity contribution in [2.75, 3.05) is 4.90 Å². The van der Waals surface area contributed by atoms with E-state index in [4.69, 9.17) is 0 Å². The molecule has 262 valence electrons. The normalized spacial score (nSPS) is 14.5. The molecule has 0 aromatic heterocycles. The summed E-state index contributed by atoms with van der Waals surface area (Å²) in [4.78, 5) is 2.49. The first-order valence-corrected chi connectivity index (χ1v) is 19.5. The molecular formula is C54H41N. The molecule has 9 aromatic rings. The summed E-state index contributed by atoms with van der Waals surface area (Å²) in [7, 11) is 0. The molecule has 0 N–H and O–H groups in total. The molecule has 2 aliphatic rings. The molecule has 1 heteroatoms. The van der Waals surface area contributed by atoms with Crippen LogP contribution in [0.2, 0.25) is 0 Å². The minimum Gasteiger partial charge on any atom is -0.310 e. The summed E-state index contributed by atoms with van der Waals surface area (Å²) in [6.07, 6.45) is 0. The third-order valence-electron chi connectivity index (χ3n) is 12.8. The van der Waals surface area contributed by atoms with Gasteiger partial charge in [0.15, 0.2) is 0 Å². The van der Waals surface area contributed by atoms with E-state index in [-0.39, 0.29) is 10.8 Å². The van der Waals surface area contributed by atoms with E-state index < -0.39 is 0 Å². The van der Waals surface area contributed by atoms with Gasteiger partial charge in [0.05, 0.1) is 5.69 Å². The Balaban J connectivity index is 1.07. The van der Waals surface area contributed by atoms with Gasteiger partial charge in [0.25, 0.3) is 0 Å². The molecule has 0 atom stereocenters. The van der Waals surface area contributed by atoms with E-state index in [9.17, 15) is 0 Å². The van der Waals surface area contributed by atoms with Gasteiger partial charge in [-0.05, 0) is 119 Å². The van der Waals surface area contributed by atoms with Gasteiger partial charge in [-0.15, -0.1) is 0 Å². The van der Waals surface area contributed by atoms with E-state index in [1.165, 1.54) is 99.3 Å². The van der Waals surface area contributed by atoms with Crippen molar-refractivity contribution in [1.82, 2.24) is 0 Å². The largest absolute Gasteiger partial charge is 0.310 e. The van der Waals surface area contributed by atoms with Gasteiger partial charge in [0.2, 0.25) is 0 Å². The fraction of sp³-hybridized carbons (Fsp3) is 0.111. The Morgan fingerprint density at radius 3 is 1.76 bits per heavy atom. The molecule has 0 aliphatic heterocycles. The van der Waals surface area contributed by atoms with Crippen LogP contribution in [0.25, 0.3) is 65.7 Å². The lowest BCUT2D eigenvalue weighted by Gasteiger charge is -2.30. The van der Waals surface area contributed by atoms with Gasteiger partial charge in [-0.25, -0.2) is 0 Å². The minimum absolute atomic E-state index is 0.0485. The van der Waals surface area contributed by atoms with Crippen molar-refractivity contribution in [3.63, 3.8) is 0 Å². The maximum Gasteiger partial charge on any atom is 0.0543 e. The van der Waals surface area contributed by atoms with Crippen molar-refractivity contribution in [3.05, 3.63) is 198 Å². The predicted molar refractivity (Wildman–Crippen MR) is 234 cm³/mol. The van der Waals surface area contributed by atoms with Crippen LogP contribution in [-0.2, 0) is 10.8 Å². The van der Waals surface area contributed by atoms with Crippen molar-refractivity contribution < 1.29 is 0 Å². The van der Waals surface area contributed by atoms with Crippen molar-refractivity contribution in [2.45, 2.75) is 38.5 Å². The van der Waals surface area contributed by atoms with Crippen LogP contribution < -0.4 is 4.90 Å². The molecule has 0 spiro atoms. The number of anilines is 3. The highest BCUT2D eigenvalue weighted by molar-refractivity contribution is 6.20. The Kier molecular flexibility index (Phi) is 6.72. The van der Waals surface area contributed by atoms with E-state index in [0.29, 0.717) is 0 Å². The van der Waals surface area contributed by atoms with Crippen LogP contribution in [0.15, 0.2) is 176 Å². The van der Waals surface area contributed by atoms with Gasteiger partial charge >= 0.3 is 0 Å². The molecule has 9 aromatic carbocycles. The first-order valence-electron chi connectivity index (χ1n) is 19.5. The third kappa shape index (κ3) is 4.60. The first-order chi connectivity index (χ1) is 26.8. The molecular weight excluding hydrogens is 663 g/mol. The lowest BCUT2D eigenvalue weighted by Crippen LogP contribution is -2.16. The predicted octanol–water partition coefficient (Wildman–Crippen LogP) is 14.9. The maximum absolute atomic E-state index is 2.49. The van der Waals surface area contributed by atoms with Gasteiger partial charge in [0, 0.05) is 27.8 Å². The fourth-order valence-corrected chi connectivity index (χ4v) is 10.0. The Hall–Kier alpha value is -6.44. The highest BCUT2D eigenvalue weighted by Gasteiger charge is 2.39. The lowest BCUT2D eigenvalue weighted by molar-refractivity contribution is 0.660. The molecule has 1 nitrogen and oxygen atoms in total. The summed E-state index contributed by atoms with van der Waals surface area (Å²) in [6, 6.07) is 65.9. The van der Waals surface area contributed by atoms with E-state index in [2.05, 4.69) is 209 Å². The Morgan fingerprint density at radius 2 is 0.945 bits per heavy atom. The van der Waals surface area contributed by atoms with Gasteiger partial charge in [-0.2, -0.15) is 0 Å². The summed E-state index contributed by atoms with van der Waals surface area (Å²) >= 11 is 0. The quantitative estimate of drug-likeness (QED) is 0.165. The summed E-state index contributed by atoms with van der Waals surface area (Å²) in [6.45, 7) is 9.44. The monoisotopic (exact) mass is 703 g/mol. The molecule has 0 unspecified atom stereocenters. The van der Waals surface area contributed by atoms with Crippen molar-refractivity contribution >= 4 is 49.4 Å². The van der Waals surface area contributed by atoms with Crippen LogP contribution in [-0.4, -0.2) is 0 Å². The smallest absolute Gasteiger partial charge is 0.0543 e. The first kappa shape index (κ1) is 32.0. The van der Waals surface area contributed by atoms with Gasteiger partial charge in [-0.3, -0.25) is 0 Å². The molecule has 55 heavy (non-hydrogen) atoms. The topological polar surface area (TPSA) is 3.24 Å². The Morgan fingerprint density at radius 1 is 0.364 bits per heavy atom. The van der Waals surface area contributed by atoms with Crippen molar-refractivity contribution in [1.29, 1.82) is 0 Å². The molecule has 0 radical (unpaired) electrons. The molecule has 0 saturated heterocycles. The zero-order valence-corrected chi connectivity index (χ0v) is 31.7. The zero-order chi connectivity index (χ0) is 37.1. The third-order valence-corrected chi connectivity index (χ3v) is 12.8. The highest BCUT2D eigenvalue weighted by atomic mass is 15.1. The Bertz CT molecular complexity index is 3030. The second-order valence-electron chi connectivity index (χ2n) is 16.5. The Labute approximate surface area is 323 Å². The summed E-state index contributed by atoms with van der Waals surface area (Å²) < 4.78 is 0. The second-order valence-corrected chi connectivity index (χ2v) is 16.5. The van der Waals surface area contributed by atoms with Crippen LogP contribution >= 0.6 is 0 Å². The van der Waals surface area contributed by atoms with E-state index in [0.717, 1.165) is 5.69 Å². The van der Waals surface area contributed by atoms with E-state index >= 15 is 0 Å². The second kappa shape index (κ2) is 11.5. The number of nitrogens with zero attached hydrogens (tertiary/aromatic N) is 1. The minimum atomic E-state index is -0.0912. The molecule has 0 saturated carbocycles. The number of hydrogen-bond donors (Lipinski definition) is 0. The average molecular weight is 704 g/mol. The average Bonchev–Trinajstić information content (AvgIpc) is 3.60. The van der Waals surface area contributed by atoms with Gasteiger partial charge < -0.3 is 4.90 Å². The molecule has 2 aliphatic carbocycles. The van der Waals surface area contributed by atoms with E-state index in [1.54, 1.807) is 0 Å². The lowest BCUT2D eigenvalue weighted by atomic mass is 9.82. The molecule has 11 rings (SSSR count). The summed E-state index contributed by atoms with van der Waals surface area (Å²) in [5, 5.41) is 7.74.